The van der Waals surface area contributed by atoms with Crippen molar-refractivity contribution >= 4 is 23.6 Å². The molecule has 0 aromatic carbocycles. The highest BCUT2D eigenvalue weighted by molar-refractivity contribution is 6.28. The fraction of sp³-hybridized carbons (Fsp3) is 0.692. The van der Waals surface area contributed by atoms with Crippen molar-refractivity contribution in [3.63, 3.8) is 0 Å². The van der Waals surface area contributed by atoms with Gasteiger partial charge >= 0.3 is 6.09 Å². The Morgan fingerprint density at radius 2 is 2.00 bits per heavy atom. The highest BCUT2D eigenvalue weighted by atomic mass is 35.5. The van der Waals surface area contributed by atoms with Crippen molar-refractivity contribution in [3.8, 4) is 0 Å². The average molecular weight is 314 g/mol. The highest BCUT2D eigenvalue weighted by Gasteiger charge is 2.25. The molecule has 1 aromatic rings. The van der Waals surface area contributed by atoms with Gasteiger partial charge in [-0.1, -0.05) is 0 Å². The molecule has 1 aliphatic rings. The molecule has 1 fully saturated rings. The van der Waals surface area contributed by atoms with E-state index in [9.17, 15) is 4.79 Å². The van der Waals surface area contributed by atoms with E-state index >= 15 is 0 Å². The summed E-state index contributed by atoms with van der Waals surface area (Å²) >= 11 is 5.78. The molecule has 0 saturated carbocycles. The van der Waals surface area contributed by atoms with Gasteiger partial charge in [-0.3, -0.25) is 0 Å². The van der Waals surface area contributed by atoms with Crippen LogP contribution in [0.4, 0.5) is 10.7 Å². The van der Waals surface area contributed by atoms with Crippen LogP contribution in [-0.2, 0) is 4.74 Å². The van der Waals surface area contributed by atoms with Gasteiger partial charge in [0.1, 0.15) is 11.9 Å². The topological polar surface area (TPSA) is 71.5 Å². The largest absolute Gasteiger partial charge is 0.444 e. The molecule has 0 unspecified atom stereocenters. The second kappa shape index (κ2) is 6.43. The van der Waals surface area contributed by atoms with E-state index in [4.69, 9.17) is 16.3 Å². The molecule has 0 radical (unpaired) electrons. The lowest BCUT2D eigenvalue weighted by molar-refractivity contribution is 0.0263. The summed E-state index contributed by atoms with van der Waals surface area (Å²) in [6.07, 6.45) is 1.93. The van der Waals surface area contributed by atoms with Crippen LogP contribution >= 0.6 is 11.6 Å². The van der Waals surface area contributed by atoms with E-state index in [1.54, 1.807) is 4.90 Å². The molecule has 0 atom stereocenters. The SMILES string of the molecule is CC(C)(C)OC(=O)N1CCCN(c2ncnc(Cl)n2)CC1. The standard InChI is InChI=1S/C13H20ClN5O2/c1-13(2,3)21-12(20)19-6-4-5-18(7-8-19)11-16-9-15-10(14)17-11/h9H,4-8H2,1-3H3. The van der Waals surface area contributed by atoms with Gasteiger partial charge in [0.2, 0.25) is 11.2 Å². The lowest BCUT2D eigenvalue weighted by atomic mass is 10.2. The van der Waals surface area contributed by atoms with E-state index < -0.39 is 5.60 Å². The van der Waals surface area contributed by atoms with Crippen LogP contribution < -0.4 is 4.90 Å². The predicted octanol–water partition coefficient (Wildman–Crippen LogP) is 1.97. The number of amides is 1. The number of rotatable bonds is 1. The number of carbonyl (C=O) groups excluding carboxylic acids is 1. The molecule has 2 heterocycles. The Kier molecular flexibility index (Phi) is 4.82. The predicted molar refractivity (Wildman–Crippen MR) is 79.5 cm³/mol. The number of carbonyl (C=O) groups is 1. The lowest BCUT2D eigenvalue weighted by Gasteiger charge is -2.26. The number of anilines is 1. The third-order valence-corrected chi connectivity index (χ3v) is 3.14. The Morgan fingerprint density at radius 1 is 1.24 bits per heavy atom. The van der Waals surface area contributed by atoms with Crippen molar-refractivity contribution in [2.45, 2.75) is 32.8 Å². The zero-order valence-electron chi connectivity index (χ0n) is 12.5. The van der Waals surface area contributed by atoms with E-state index in [0.29, 0.717) is 25.6 Å². The van der Waals surface area contributed by atoms with Crippen LogP contribution in [0.15, 0.2) is 6.33 Å². The first-order valence-corrected chi connectivity index (χ1v) is 7.30. The van der Waals surface area contributed by atoms with Crippen molar-refractivity contribution in [2.75, 3.05) is 31.1 Å². The molecule has 0 spiro atoms. The summed E-state index contributed by atoms with van der Waals surface area (Å²) in [6, 6.07) is 0. The van der Waals surface area contributed by atoms with Crippen LogP contribution in [0.25, 0.3) is 0 Å². The molecule has 1 aromatic heterocycles. The minimum Gasteiger partial charge on any atom is -0.444 e. The highest BCUT2D eigenvalue weighted by Crippen LogP contribution is 2.15. The van der Waals surface area contributed by atoms with E-state index in [1.165, 1.54) is 6.33 Å². The van der Waals surface area contributed by atoms with Gasteiger partial charge in [-0.2, -0.15) is 4.98 Å². The van der Waals surface area contributed by atoms with Crippen molar-refractivity contribution < 1.29 is 9.53 Å². The number of halogens is 1. The van der Waals surface area contributed by atoms with Crippen LogP contribution in [0.3, 0.4) is 0 Å². The maximum absolute atomic E-state index is 12.1. The van der Waals surface area contributed by atoms with Gasteiger partial charge in [-0.15, -0.1) is 0 Å². The Balaban J connectivity index is 1.97. The molecule has 2 rings (SSSR count). The molecular formula is C13H20ClN5O2. The molecule has 0 N–H and O–H groups in total. The van der Waals surface area contributed by atoms with Crippen LogP contribution in [-0.4, -0.2) is 57.7 Å². The monoisotopic (exact) mass is 313 g/mol. The summed E-state index contributed by atoms with van der Waals surface area (Å²) in [5.41, 5.74) is -0.481. The second-order valence-electron chi connectivity index (χ2n) is 5.86. The van der Waals surface area contributed by atoms with Gasteiger partial charge in [-0.25, -0.2) is 14.8 Å². The Bertz CT molecular complexity index is 506. The van der Waals surface area contributed by atoms with Gasteiger partial charge in [0.25, 0.3) is 0 Å². The van der Waals surface area contributed by atoms with E-state index in [0.717, 1.165) is 13.0 Å². The number of hydrogen-bond acceptors (Lipinski definition) is 6. The Hall–Kier alpha value is -1.63. The summed E-state index contributed by atoms with van der Waals surface area (Å²) in [7, 11) is 0. The summed E-state index contributed by atoms with van der Waals surface area (Å²) in [4.78, 5) is 27.8. The van der Waals surface area contributed by atoms with Crippen LogP contribution in [0.1, 0.15) is 27.2 Å². The average Bonchev–Trinajstić information content (AvgIpc) is 2.62. The molecule has 1 saturated heterocycles. The molecule has 1 aliphatic heterocycles. The molecule has 0 bridgehead atoms. The summed E-state index contributed by atoms with van der Waals surface area (Å²) in [6.45, 7) is 8.22. The van der Waals surface area contributed by atoms with E-state index in [-0.39, 0.29) is 11.4 Å². The van der Waals surface area contributed by atoms with Crippen molar-refractivity contribution in [1.29, 1.82) is 0 Å². The first-order chi connectivity index (χ1) is 9.85. The van der Waals surface area contributed by atoms with Crippen molar-refractivity contribution in [3.05, 3.63) is 11.6 Å². The van der Waals surface area contributed by atoms with Gasteiger partial charge in [0.15, 0.2) is 0 Å². The maximum atomic E-state index is 12.1. The molecule has 7 nitrogen and oxygen atoms in total. The Morgan fingerprint density at radius 3 is 2.67 bits per heavy atom. The van der Waals surface area contributed by atoms with Crippen molar-refractivity contribution in [1.82, 2.24) is 19.9 Å². The molecule has 0 aliphatic carbocycles. The number of hydrogen-bond donors (Lipinski definition) is 0. The quantitative estimate of drug-likeness (QED) is 0.789. The smallest absolute Gasteiger partial charge is 0.410 e. The molecular weight excluding hydrogens is 294 g/mol. The molecule has 8 heteroatoms. The number of aromatic nitrogens is 3. The third-order valence-electron chi connectivity index (χ3n) is 2.96. The minimum atomic E-state index is -0.481. The fourth-order valence-electron chi connectivity index (χ4n) is 2.05. The normalized spacial score (nSPS) is 16.6. The maximum Gasteiger partial charge on any atom is 0.410 e. The first-order valence-electron chi connectivity index (χ1n) is 6.92. The van der Waals surface area contributed by atoms with Crippen LogP contribution in [0, 0.1) is 0 Å². The van der Waals surface area contributed by atoms with Crippen molar-refractivity contribution in [2.24, 2.45) is 0 Å². The number of ether oxygens (including phenoxy) is 1. The van der Waals surface area contributed by atoms with Gasteiger partial charge in [0.05, 0.1) is 0 Å². The van der Waals surface area contributed by atoms with Gasteiger partial charge in [0, 0.05) is 26.2 Å². The van der Waals surface area contributed by atoms with E-state index in [1.807, 2.05) is 25.7 Å². The molecule has 21 heavy (non-hydrogen) atoms. The summed E-state index contributed by atoms with van der Waals surface area (Å²) in [5, 5.41) is 0.174. The van der Waals surface area contributed by atoms with Crippen LogP contribution in [0.5, 0.6) is 0 Å². The number of nitrogens with zero attached hydrogens (tertiary/aromatic N) is 5. The minimum absolute atomic E-state index is 0.174. The molecule has 116 valence electrons. The first kappa shape index (κ1) is 15.8. The summed E-state index contributed by atoms with van der Waals surface area (Å²) < 4.78 is 5.40. The van der Waals surface area contributed by atoms with E-state index in [2.05, 4.69) is 15.0 Å². The zero-order valence-corrected chi connectivity index (χ0v) is 13.3. The second-order valence-corrected chi connectivity index (χ2v) is 6.20. The van der Waals surface area contributed by atoms with Gasteiger partial charge in [-0.05, 0) is 38.8 Å². The van der Waals surface area contributed by atoms with Gasteiger partial charge < -0.3 is 14.5 Å². The third kappa shape index (κ3) is 4.70. The molecule has 1 amide bonds. The zero-order chi connectivity index (χ0) is 15.5. The van der Waals surface area contributed by atoms with Crippen LogP contribution in [0.2, 0.25) is 5.28 Å². The fourth-order valence-corrected chi connectivity index (χ4v) is 2.17. The lowest BCUT2D eigenvalue weighted by Crippen LogP contribution is -2.39. The Labute approximate surface area is 129 Å². The summed E-state index contributed by atoms with van der Waals surface area (Å²) in [5.74, 6) is 0.543.